The monoisotopic (exact) mass is 286 g/mol. The first-order chi connectivity index (χ1) is 9.94. The number of nitrogens with one attached hydrogen (secondary N) is 1. The summed E-state index contributed by atoms with van der Waals surface area (Å²) in [7, 11) is 0. The van der Waals surface area contributed by atoms with Gasteiger partial charge in [-0.15, -0.1) is 0 Å². The standard InChI is InChI=1S/C17H22N2O2/c1-17(2)9-15(20)19(16(21)10-17)14-5-3-4-12(8-14)11-18-13-6-7-13/h3-5,8,13,18H,6-7,9-11H2,1-2H3. The van der Waals surface area contributed by atoms with Crippen molar-refractivity contribution in [2.75, 3.05) is 4.90 Å². The third-order valence-electron chi connectivity index (χ3n) is 4.10. The van der Waals surface area contributed by atoms with Crippen molar-refractivity contribution in [1.29, 1.82) is 0 Å². The molecule has 4 heteroatoms. The van der Waals surface area contributed by atoms with E-state index in [1.54, 1.807) is 0 Å². The van der Waals surface area contributed by atoms with Gasteiger partial charge in [-0.3, -0.25) is 14.5 Å². The van der Waals surface area contributed by atoms with Crippen LogP contribution < -0.4 is 10.2 Å². The largest absolute Gasteiger partial charge is 0.310 e. The molecule has 1 saturated carbocycles. The van der Waals surface area contributed by atoms with E-state index in [0.29, 0.717) is 24.6 Å². The van der Waals surface area contributed by atoms with Crippen molar-refractivity contribution in [3.05, 3.63) is 29.8 Å². The lowest BCUT2D eigenvalue weighted by Crippen LogP contribution is -2.46. The molecule has 1 heterocycles. The fourth-order valence-corrected chi connectivity index (χ4v) is 2.82. The molecule has 0 aromatic heterocycles. The van der Waals surface area contributed by atoms with Gasteiger partial charge >= 0.3 is 0 Å². The lowest BCUT2D eigenvalue weighted by Gasteiger charge is -2.34. The summed E-state index contributed by atoms with van der Waals surface area (Å²) >= 11 is 0. The lowest BCUT2D eigenvalue weighted by molar-refractivity contribution is -0.132. The van der Waals surface area contributed by atoms with Gasteiger partial charge in [0.1, 0.15) is 0 Å². The summed E-state index contributed by atoms with van der Waals surface area (Å²) < 4.78 is 0. The Kier molecular flexibility index (Phi) is 3.57. The molecule has 0 atom stereocenters. The number of rotatable bonds is 4. The minimum atomic E-state index is -0.226. The molecule has 21 heavy (non-hydrogen) atoms. The lowest BCUT2D eigenvalue weighted by atomic mass is 9.81. The van der Waals surface area contributed by atoms with Gasteiger partial charge in [0.2, 0.25) is 11.8 Å². The number of benzene rings is 1. The molecule has 3 rings (SSSR count). The maximum absolute atomic E-state index is 12.3. The van der Waals surface area contributed by atoms with Crippen molar-refractivity contribution in [3.63, 3.8) is 0 Å². The number of carbonyl (C=O) groups is 2. The smallest absolute Gasteiger partial charge is 0.234 e. The number of hydrogen-bond acceptors (Lipinski definition) is 3. The highest BCUT2D eigenvalue weighted by Crippen LogP contribution is 2.34. The number of carbonyl (C=O) groups excluding carboxylic acids is 2. The molecule has 1 N–H and O–H groups in total. The molecule has 1 aliphatic heterocycles. The van der Waals surface area contributed by atoms with Crippen molar-refractivity contribution >= 4 is 17.5 Å². The second-order valence-electron chi connectivity index (χ2n) is 6.97. The van der Waals surface area contributed by atoms with Gasteiger partial charge < -0.3 is 5.32 Å². The van der Waals surface area contributed by atoms with Crippen LogP contribution in [0, 0.1) is 5.41 Å². The maximum atomic E-state index is 12.3. The number of hydrogen-bond donors (Lipinski definition) is 1. The summed E-state index contributed by atoms with van der Waals surface area (Å²) in [6.07, 6.45) is 3.34. The second-order valence-corrected chi connectivity index (χ2v) is 6.97. The molecule has 4 nitrogen and oxygen atoms in total. The zero-order valence-corrected chi connectivity index (χ0v) is 12.7. The fraction of sp³-hybridized carbons (Fsp3) is 0.529. The molecule has 0 spiro atoms. The molecule has 1 saturated heterocycles. The minimum Gasteiger partial charge on any atom is -0.310 e. The fourth-order valence-electron chi connectivity index (χ4n) is 2.82. The molecule has 0 unspecified atom stereocenters. The SMILES string of the molecule is CC1(C)CC(=O)N(c2cccc(CNC3CC3)c2)C(=O)C1. The third-order valence-corrected chi connectivity index (χ3v) is 4.10. The Balaban J connectivity index is 1.77. The Bertz CT molecular complexity index is 556. The highest BCUT2D eigenvalue weighted by molar-refractivity contribution is 6.16. The zero-order chi connectivity index (χ0) is 15.0. The van der Waals surface area contributed by atoms with E-state index in [0.717, 1.165) is 12.1 Å². The number of piperidine rings is 1. The molecular weight excluding hydrogens is 264 g/mol. The van der Waals surface area contributed by atoms with E-state index in [-0.39, 0.29) is 17.2 Å². The van der Waals surface area contributed by atoms with E-state index >= 15 is 0 Å². The average molecular weight is 286 g/mol. The zero-order valence-electron chi connectivity index (χ0n) is 12.7. The first-order valence-electron chi connectivity index (χ1n) is 7.63. The van der Waals surface area contributed by atoms with Gasteiger partial charge in [0.05, 0.1) is 5.69 Å². The third kappa shape index (κ3) is 3.32. The van der Waals surface area contributed by atoms with Gasteiger partial charge in [-0.25, -0.2) is 0 Å². The van der Waals surface area contributed by atoms with E-state index in [1.807, 2.05) is 38.1 Å². The number of anilines is 1. The normalized spacial score (nSPS) is 21.7. The van der Waals surface area contributed by atoms with Crippen molar-refractivity contribution in [3.8, 4) is 0 Å². The Labute approximate surface area is 125 Å². The predicted octanol–water partition coefficient (Wildman–Crippen LogP) is 2.62. The summed E-state index contributed by atoms with van der Waals surface area (Å²) in [5.41, 5.74) is 1.59. The van der Waals surface area contributed by atoms with Crippen LogP contribution >= 0.6 is 0 Å². The highest BCUT2D eigenvalue weighted by Gasteiger charge is 2.38. The summed E-state index contributed by atoms with van der Waals surface area (Å²) in [4.78, 5) is 25.9. The number of nitrogens with zero attached hydrogens (tertiary/aromatic N) is 1. The van der Waals surface area contributed by atoms with Crippen LogP contribution in [-0.4, -0.2) is 17.9 Å². The Morgan fingerprint density at radius 3 is 2.48 bits per heavy atom. The minimum absolute atomic E-state index is 0.0939. The molecule has 112 valence electrons. The van der Waals surface area contributed by atoms with Crippen LogP contribution in [-0.2, 0) is 16.1 Å². The maximum Gasteiger partial charge on any atom is 0.234 e. The van der Waals surface area contributed by atoms with Gasteiger partial charge in [-0.05, 0) is 36.0 Å². The first kappa shape index (κ1) is 14.3. The second kappa shape index (κ2) is 5.26. The highest BCUT2D eigenvalue weighted by atomic mass is 16.2. The van der Waals surface area contributed by atoms with Gasteiger partial charge in [-0.1, -0.05) is 26.0 Å². The van der Waals surface area contributed by atoms with Gasteiger partial charge in [0.25, 0.3) is 0 Å². The molecule has 1 aromatic rings. The van der Waals surface area contributed by atoms with Gasteiger partial charge in [0, 0.05) is 25.4 Å². The van der Waals surface area contributed by atoms with Crippen LogP contribution in [0.1, 0.15) is 45.1 Å². The molecule has 2 aliphatic rings. The van der Waals surface area contributed by atoms with Crippen LogP contribution in [0.4, 0.5) is 5.69 Å². The van der Waals surface area contributed by atoms with Gasteiger partial charge in [0.15, 0.2) is 0 Å². The Morgan fingerprint density at radius 2 is 1.86 bits per heavy atom. The molecule has 2 fully saturated rings. The van der Waals surface area contributed by atoms with Crippen molar-refractivity contribution in [2.45, 2.75) is 52.1 Å². The van der Waals surface area contributed by atoms with E-state index in [9.17, 15) is 9.59 Å². The molecule has 0 bridgehead atoms. The molecule has 1 aromatic carbocycles. The van der Waals surface area contributed by atoms with E-state index in [4.69, 9.17) is 0 Å². The van der Waals surface area contributed by atoms with Crippen LogP contribution in [0.2, 0.25) is 0 Å². The van der Waals surface area contributed by atoms with E-state index < -0.39 is 0 Å². The average Bonchev–Trinajstić information content (AvgIpc) is 3.18. The van der Waals surface area contributed by atoms with E-state index in [2.05, 4.69) is 5.32 Å². The summed E-state index contributed by atoms with van der Waals surface area (Å²) in [6.45, 7) is 4.73. The van der Waals surface area contributed by atoms with Crippen LogP contribution in [0.5, 0.6) is 0 Å². The Morgan fingerprint density at radius 1 is 1.19 bits per heavy atom. The topological polar surface area (TPSA) is 49.4 Å². The molecular formula is C17H22N2O2. The Hall–Kier alpha value is -1.68. The molecule has 1 aliphatic carbocycles. The molecule has 0 radical (unpaired) electrons. The summed E-state index contributed by atoms with van der Waals surface area (Å²) in [5.74, 6) is -0.188. The van der Waals surface area contributed by atoms with E-state index in [1.165, 1.54) is 17.7 Å². The summed E-state index contributed by atoms with van der Waals surface area (Å²) in [6, 6.07) is 8.38. The van der Waals surface area contributed by atoms with Gasteiger partial charge in [-0.2, -0.15) is 0 Å². The van der Waals surface area contributed by atoms with Crippen molar-refractivity contribution in [2.24, 2.45) is 5.41 Å². The van der Waals surface area contributed by atoms with Crippen LogP contribution in [0.3, 0.4) is 0 Å². The number of imide groups is 1. The van der Waals surface area contributed by atoms with Crippen molar-refractivity contribution in [1.82, 2.24) is 5.32 Å². The van der Waals surface area contributed by atoms with Crippen LogP contribution in [0.25, 0.3) is 0 Å². The predicted molar refractivity (Wildman–Crippen MR) is 81.8 cm³/mol. The van der Waals surface area contributed by atoms with Crippen molar-refractivity contribution < 1.29 is 9.59 Å². The quantitative estimate of drug-likeness (QED) is 0.866. The first-order valence-corrected chi connectivity index (χ1v) is 7.63. The molecule has 2 amide bonds. The van der Waals surface area contributed by atoms with Crippen LogP contribution in [0.15, 0.2) is 24.3 Å². The summed E-state index contributed by atoms with van der Waals surface area (Å²) in [5, 5.41) is 3.45. The number of amides is 2.